The standard InChI is InChI=1S/C13H23N/c1-5-13(9-12-7-6-8-12)14(4)10-11(2)3/h5,12H,2,6-10H2,1,3-4H3/b13-5-. The lowest BCUT2D eigenvalue weighted by Gasteiger charge is -2.30. The lowest BCUT2D eigenvalue weighted by molar-refractivity contribution is 0.284. The molecule has 1 heteroatoms. The normalized spacial score (nSPS) is 17.8. The maximum absolute atomic E-state index is 3.96. The molecule has 0 aromatic carbocycles. The van der Waals surface area contributed by atoms with E-state index in [0.717, 1.165) is 12.5 Å². The van der Waals surface area contributed by atoms with Gasteiger partial charge in [-0.05, 0) is 26.2 Å². The monoisotopic (exact) mass is 193 g/mol. The van der Waals surface area contributed by atoms with Crippen LogP contribution < -0.4 is 0 Å². The highest BCUT2D eigenvalue weighted by atomic mass is 15.1. The Bertz CT molecular complexity index is 223. The SMILES string of the molecule is C=C(C)CN(C)/C(=C\C)CC1CCC1. The molecule has 1 aliphatic rings. The fourth-order valence-corrected chi connectivity index (χ4v) is 1.99. The molecular formula is C13H23N. The van der Waals surface area contributed by atoms with Gasteiger partial charge in [0.1, 0.15) is 0 Å². The molecule has 0 aromatic rings. The highest BCUT2D eigenvalue weighted by Crippen LogP contribution is 2.32. The molecule has 1 aliphatic carbocycles. The van der Waals surface area contributed by atoms with Crippen molar-refractivity contribution in [1.82, 2.24) is 4.90 Å². The van der Waals surface area contributed by atoms with Crippen LogP contribution in [0.15, 0.2) is 23.9 Å². The number of hydrogen-bond donors (Lipinski definition) is 0. The molecule has 0 saturated heterocycles. The van der Waals surface area contributed by atoms with Gasteiger partial charge in [0, 0.05) is 19.3 Å². The van der Waals surface area contributed by atoms with Gasteiger partial charge in [-0.25, -0.2) is 0 Å². The number of likely N-dealkylation sites (N-methyl/N-ethyl adjacent to an activating group) is 1. The molecule has 14 heavy (non-hydrogen) atoms. The van der Waals surface area contributed by atoms with Gasteiger partial charge in [0.2, 0.25) is 0 Å². The minimum atomic E-state index is 0.953. The first kappa shape index (κ1) is 11.4. The van der Waals surface area contributed by atoms with E-state index in [4.69, 9.17) is 0 Å². The van der Waals surface area contributed by atoms with Crippen molar-refractivity contribution >= 4 is 0 Å². The van der Waals surface area contributed by atoms with Crippen LogP contribution in [-0.2, 0) is 0 Å². The summed E-state index contributed by atoms with van der Waals surface area (Å²) in [5.41, 5.74) is 2.72. The van der Waals surface area contributed by atoms with E-state index >= 15 is 0 Å². The lowest BCUT2D eigenvalue weighted by Crippen LogP contribution is -2.23. The van der Waals surface area contributed by atoms with Gasteiger partial charge in [-0.15, -0.1) is 0 Å². The zero-order valence-corrected chi connectivity index (χ0v) is 9.84. The van der Waals surface area contributed by atoms with Crippen LogP contribution >= 0.6 is 0 Å². The summed E-state index contributed by atoms with van der Waals surface area (Å²) in [5.74, 6) is 0.953. The molecule has 0 aromatic heterocycles. The minimum absolute atomic E-state index is 0.953. The van der Waals surface area contributed by atoms with Gasteiger partial charge in [0.15, 0.2) is 0 Å². The first-order valence-electron chi connectivity index (χ1n) is 5.64. The molecular weight excluding hydrogens is 170 g/mol. The van der Waals surface area contributed by atoms with E-state index in [2.05, 4.69) is 38.5 Å². The second kappa shape index (κ2) is 5.23. The van der Waals surface area contributed by atoms with E-state index in [-0.39, 0.29) is 0 Å². The van der Waals surface area contributed by atoms with Crippen LogP contribution in [0.25, 0.3) is 0 Å². The second-order valence-electron chi connectivity index (χ2n) is 4.59. The molecule has 1 rings (SSSR count). The molecule has 0 radical (unpaired) electrons. The number of nitrogens with zero attached hydrogens (tertiary/aromatic N) is 1. The summed E-state index contributed by atoms with van der Waals surface area (Å²) in [7, 11) is 2.17. The maximum Gasteiger partial charge on any atom is 0.0377 e. The van der Waals surface area contributed by atoms with Crippen molar-refractivity contribution in [2.24, 2.45) is 5.92 Å². The van der Waals surface area contributed by atoms with Crippen molar-refractivity contribution < 1.29 is 0 Å². The van der Waals surface area contributed by atoms with Crippen LogP contribution in [0.4, 0.5) is 0 Å². The minimum Gasteiger partial charge on any atom is -0.374 e. The second-order valence-corrected chi connectivity index (χ2v) is 4.59. The van der Waals surface area contributed by atoms with E-state index in [0.29, 0.717) is 0 Å². The predicted octanol–water partition coefficient (Wildman–Crippen LogP) is 3.59. The fourth-order valence-electron chi connectivity index (χ4n) is 1.99. The van der Waals surface area contributed by atoms with Gasteiger partial charge >= 0.3 is 0 Å². The Morgan fingerprint density at radius 1 is 1.50 bits per heavy atom. The van der Waals surface area contributed by atoms with Gasteiger partial charge in [0.25, 0.3) is 0 Å². The summed E-state index contributed by atoms with van der Waals surface area (Å²) >= 11 is 0. The van der Waals surface area contributed by atoms with Crippen molar-refractivity contribution in [3.05, 3.63) is 23.9 Å². The van der Waals surface area contributed by atoms with Crippen LogP contribution in [-0.4, -0.2) is 18.5 Å². The van der Waals surface area contributed by atoms with Crippen LogP contribution in [0.5, 0.6) is 0 Å². The molecule has 0 bridgehead atoms. The summed E-state index contributed by atoms with van der Waals surface area (Å²) in [6.07, 6.45) is 7.81. The van der Waals surface area contributed by atoms with Crippen LogP contribution in [0, 0.1) is 5.92 Å². The topological polar surface area (TPSA) is 3.24 Å². The van der Waals surface area contributed by atoms with Gasteiger partial charge in [-0.2, -0.15) is 0 Å². The molecule has 0 atom stereocenters. The zero-order chi connectivity index (χ0) is 10.6. The molecule has 1 saturated carbocycles. The summed E-state index contributed by atoms with van der Waals surface area (Å²) < 4.78 is 0. The summed E-state index contributed by atoms with van der Waals surface area (Å²) in [4.78, 5) is 2.33. The van der Waals surface area contributed by atoms with Gasteiger partial charge in [-0.1, -0.05) is 37.5 Å². The molecule has 0 aliphatic heterocycles. The third-order valence-corrected chi connectivity index (χ3v) is 3.05. The largest absolute Gasteiger partial charge is 0.374 e. The van der Waals surface area contributed by atoms with Crippen molar-refractivity contribution in [2.45, 2.75) is 39.5 Å². The van der Waals surface area contributed by atoms with Crippen molar-refractivity contribution in [3.8, 4) is 0 Å². The van der Waals surface area contributed by atoms with Crippen molar-refractivity contribution in [2.75, 3.05) is 13.6 Å². The Hall–Kier alpha value is -0.720. The quantitative estimate of drug-likeness (QED) is 0.603. The van der Waals surface area contributed by atoms with Crippen LogP contribution in [0.3, 0.4) is 0 Å². The van der Waals surface area contributed by atoms with Crippen molar-refractivity contribution in [3.63, 3.8) is 0 Å². The molecule has 0 N–H and O–H groups in total. The first-order chi connectivity index (χ1) is 6.63. The van der Waals surface area contributed by atoms with E-state index in [1.54, 1.807) is 0 Å². The highest BCUT2D eigenvalue weighted by Gasteiger charge is 2.19. The van der Waals surface area contributed by atoms with Gasteiger partial charge in [-0.3, -0.25) is 0 Å². The first-order valence-corrected chi connectivity index (χ1v) is 5.64. The lowest BCUT2D eigenvalue weighted by atomic mass is 9.82. The Kier molecular flexibility index (Phi) is 4.24. The highest BCUT2D eigenvalue weighted by molar-refractivity contribution is 5.05. The molecule has 0 amide bonds. The summed E-state index contributed by atoms with van der Waals surface area (Å²) in [5, 5.41) is 0. The number of allylic oxidation sites excluding steroid dienone is 2. The molecule has 80 valence electrons. The fraction of sp³-hybridized carbons (Fsp3) is 0.692. The van der Waals surface area contributed by atoms with Gasteiger partial charge < -0.3 is 4.90 Å². The molecule has 1 fully saturated rings. The smallest absolute Gasteiger partial charge is 0.0377 e. The Morgan fingerprint density at radius 2 is 2.14 bits per heavy atom. The Balaban J connectivity index is 2.39. The average Bonchev–Trinajstić information content (AvgIpc) is 2.01. The summed E-state index contributed by atoms with van der Waals surface area (Å²) in [6, 6.07) is 0. The summed E-state index contributed by atoms with van der Waals surface area (Å²) in [6.45, 7) is 9.18. The third kappa shape index (κ3) is 3.21. The van der Waals surface area contributed by atoms with E-state index in [9.17, 15) is 0 Å². The van der Waals surface area contributed by atoms with E-state index in [1.807, 2.05) is 0 Å². The Labute approximate surface area is 88.5 Å². The molecule has 0 spiro atoms. The number of rotatable bonds is 5. The van der Waals surface area contributed by atoms with Crippen LogP contribution in [0.1, 0.15) is 39.5 Å². The molecule has 0 heterocycles. The maximum atomic E-state index is 3.96. The Morgan fingerprint density at radius 3 is 2.50 bits per heavy atom. The van der Waals surface area contributed by atoms with Gasteiger partial charge in [0.05, 0.1) is 0 Å². The van der Waals surface area contributed by atoms with E-state index in [1.165, 1.54) is 37.0 Å². The molecule has 0 unspecified atom stereocenters. The predicted molar refractivity (Wildman–Crippen MR) is 63.2 cm³/mol. The zero-order valence-electron chi connectivity index (χ0n) is 9.84. The molecule has 1 nitrogen and oxygen atoms in total. The third-order valence-electron chi connectivity index (χ3n) is 3.05. The van der Waals surface area contributed by atoms with Crippen molar-refractivity contribution in [1.29, 1.82) is 0 Å². The van der Waals surface area contributed by atoms with Crippen LogP contribution in [0.2, 0.25) is 0 Å². The van der Waals surface area contributed by atoms with E-state index < -0.39 is 0 Å². The average molecular weight is 193 g/mol. The number of hydrogen-bond acceptors (Lipinski definition) is 1.